The van der Waals surface area contributed by atoms with Crippen LogP contribution in [0.1, 0.15) is 46.0 Å². The summed E-state index contributed by atoms with van der Waals surface area (Å²) in [6.07, 6.45) is 6.54. The van der Waals surface area contributed by atoms with Crippen molar-refractivity contribution < 1.29 is 28.8 Å². The zero-order valence-corrected chi connectivity index (χ0v) is 16.4. The lowest BCUT2D eigenvalue weighted by atomic mass is 10.0. The normalized spacial score (nSPS) is 12.6. The van der Waals surface area contributed by atoms with E-state index in [-0.39, 0.29) is 6.61 Å². The molecule has 0 saturated carbocycles. The summed E-state index contributed by atoms with van der Waals surface area (Å²) in [6.45, 7) is 10.3. The van der Waals surface area contributed by atoms with Gasteiger partial charge in [-0.15, -0.1) is 0 Å². The Bertz CT molecular complexity index is 240. The highest BCUT2D eigenvalue weighted by atomic mass is 16.6. The summed E-state index contributed by atoms with van der Waals surface area (Å²) >= 11 is 0. The van der Waals surface area contributed by atoms with Crippen LogP contribution in [0.3, 0.4) is 0 Å². The van der Waals surface area contributed by atoms with Crippen molar-refractivity contribution in [2.24, 2.45) is 5.92 Å². The van der Waals surface area contributed by atoms with Crippen molar-refractivity contribution in [1.29, 1.82) is 0 Å². The minimum Gasteiger partial charge on any atom is -0.394 e. The number of ether oxygens (including phenoxy) is 5. The number of unbranched alkanes of at least 4 members (excludes halogenated alkanes) is 3. The van der Waals surface area contributed by atoms with Crippen LogP contribution >= 0.6 is 0 Å². The van der Waals surface area contributed by atoms with Gasteiger partial charge in [-0.25, -0.2) is 0 Å². The Balaban J connectivity index is 3.06. The Labute approximate surface area is 154 Å². The molecule has 1 N–H and O–H groups in total. The van der Waals surface area contributed by atoms with Crippen LogP contribution in [0, 0.1) is 5.92 Å². The molecular formula is C19H40O6. The lowest BCUT2D eigenvalue weighted by Crippen LogP contribution is -2.14. The Kier molecular flexibility index (Phi) is 21.6. The quantitative estimate of drug-likeness (QED) is 0.316. The largest absolute Gasteiger partial charge is 0.394 e. The van der Waals surface area contributed by atoms with Crippen LogP contribution in [0.2, 0.25) is 0 Å². The number of aliphatic hydroxyl groups is 1. The van der Waals surface area contributed by atoms with Crippen LogP contribution in [-0.2, 0) is 23.7 Å². The molecule has 0 aromatic heterocycles. The number of hydrogen-bond acceptors (Lipinski definition) is 6. The maximum Gasteiger partial charge on any atom is 0.0701 e. The number of rotatable bonds is 21. The molecule has 0 heterocycles. The van der Waals surface area contributed by atoms with E-state index in [1.165, 1.54) is 32.1 Å². The minimum absolute atomic E-state index is 0.0478. The second-order valence-corrected chi connectivity index (χ2v) is 6.20. The van der Waals surface area contributed by atoms with E-state index in [2.05, 4.69) is 13.8 Å². The maximum absolute atomic E-state index is 8.52. The molecule has 25 heavy (non-hydrogen) atoms. The molecule has 1 unspecified atom stereocenters. The van der Waals surface area contributed by atoms with E-state index in [0.29, 0.717) is 65.4 Å². The van der Waals surface area contributed by atoms with Crippen LogP contribution in [0.15, 0.2) is 0 Å². The second-order valence-electron chi connectivity index (χ2n) is 6.20. The predicted molar refractivity (Wildman–Crippen MR) is 99.1 cm³/mol. The van der Waals surface area contributed by atoms with Crippen molar-refractivity contribution in [3.8, 4) is 0 Å². The average Bonchev–Trinajstić information content (AvgIpc) is 2.62. The first kappa shape index (κ1) is 24.8. The molecule has 0 aromatic carbocycles. The molecule has 0 amide bonds. The van der Waals surface area contributed by atoms with E-state index >= 15 is 0 Å². The summed E-state index contributed by atoms with van der Waals surface area (Å²) in [5.41, 5.74) is 0. The Morgan fingerprint density at radius 1 is 0.640 bits per heavy atom. The van der Waals surface area contributed by atoms with Crippen molar-refractivity contribution in [3.63, 3.8) is 0 Å². The first-order valence-corrected chi connectivity index (χ1v) is 9.80. The van der Waals surface area contributed by atoms with Gasteiger partial charge in [0.25, 0.3) is 0 Å². The molecule has 0 fully saturated rings. The summed E-state index contributed by atoms with van der Waals surface area (Å²) in [4.78, 5) is 0. The highest BCUT2D eigenvalue weighted by Gasteiger charge is 2.02. The topological polar surface area (TPSA) is 66.4 Å². The number of aliphatic hydroxyl groups excluding tert-OH is 1. The Morgan fingerprint density at radius 3 is 1.60 bits per heavy atom. The lowest BCUT2D eigenvalue weighted by Gasteiger charge is -2.12. The Morgan fingerprint density at radius 2 is 1.12 bits per heavy atom. The van der Waals surface area contributed by atoms with Crippen molar-refractivity contribution in [2.45, 2.75) is 46.0 Å². The number of hydrogen-bond donors (Lipinski definition) is 1. The van der Waals surface area contributed by atoms with Gasteiger partial charge in [0, 0.05) is 6.61 Å². The van der Waals surface area contributed by atoms with Gasteiger partial charge in [0.05, 0.1) is 66.1 Å². The molecule has 6 heteroatoms. The van der Waals surface area contributed by atoms with Gasteiger partial charge >= 0.3 is 0 Å². The first-order chi connectivity index (χ1) is 12.3. The molecule has 0 bridgehead atoms. The molecule has 152 valence electrons. The van der Waals surface area contributed by atoms with Gasteiger partial charge in [0.15, 0.2) is 0 Å². The third-order valence-electron chi connectivity index (χ3n) is 3.68. The summed E-state index contributed by atoms with van der Waals surface area (Å²) in [5.74, 6) is 0.634. The fourth-order valence-electron chi connectivity index (χ4n) is 2.23. The van der Waals surface area contributed by atoms with Crippen LogP contribution in [0.4, 0.5) is 0 Å². The van der Waals surface area contributed by atoms with E-state index < -0.39 is 0 Å². The fraction of sp³-hybridized carbons (Fsp3) is 1.00. The van der Waals surface area contributed by atoms with Crippen molar-refractivity contribution >= 4 is 0 Å². The SMILES string of the molecule is CCCCCCC(C)COCCOCCOCCOCCOCCO. The molecule has 0 radical (unpaired) electrons. The van der Waals surface area contributed by atoms with E-state index in [4.69, 9.17) is 28.8 Å². The summed E-state index contributed by atoms with van der Waals surface area (Å²) in [7, 11) is 0. The van der Waals surface area contributed by atoms with Crippen molar-refractivity contribution in [2.75, 3.05) is 72.7 Å². The fourth-order valence-corrected chi connectivity index (χ4v) is 2.23. The van der Waals surface area contributed by atoms with Gasteiger partial charge in [0.2, 0.25) is 0 Å². The summed E-state index contributed by atoms with van der Waals surface area (Å²) in [6, 6.07) is 0. The Hall–Kier alpha value is -0.240. The molecule has 0 aromatic rings. The molecule has 0 aliphatic rings. The zero-order valence-electron chi connectivity index (χ0n) is 16.4. The zero-order chi connectivity index (χ0) is 18.4. The van der Waals surface area contributed by atoms with Gasteiger partial charge in [-0.1, -0.05) is 39.5 Å². The predicted octanol–water partition coefficient (Wildman–Crippen LogP) is 2.67. The van der Waals surface area contributed by atoms with Crippen LogP contribution in [-0.4, -0.2) is 77.8 Å². The van der Waals surface area contributed by atoms with E-state index in [9.17, 15) is 0 Å². The van der Waals surface area contributed by atoms with Crippen LogP contribution in [0.25, 0.3) is 0 Å². The van der Waals surface area contributed by atoms with E-state index in [1.54, 1.807) is 0 Å². The highest BCUT2D eigenvalue weighted by molar-refractivity contribution is 4.52. The molecular weight excluding hydrogens is 324 g/mol. The first-order valence-electron chi connectivity index (χ1n) is 9.80. The standard InChI is InChI=1S/C19H40O6/c1-3-4-5-6-7-19(2)18-25-17-16-24-15-14-23-13-12-22-11-10-21-9-8-20/h19-20H,3-18H2,1-2H3. The summed E-state index contributed by atoms with van der Waals surface area (Å²) < 4.78 is 26.9. The highest BCUT2D eigenvalue weighted by Crippen LogP contribution is 2.10. The smallest absolute Gasteiger partial charge is 0.0701 e. The summed E-state index contributed by atoms with van der Waals surface area (Å²) in [5, 5.41) is 8.52. The van der Waals surface area contributed by atoms with Gasteiger partial charge < -0.3 is 28.8 Å². The third-order valence-corrected chi connectivity index (χ3v) is 3.68. The van der Waals surface area contributed by atoms with Gasteiger partial charge in [0.1, 0.15) is 0 Å². The van der Waals surface area contributed by atoms with E-state index in [1.807, 2.05) is 0 Å². The average molecular weight is 365 g/mol. The third kappa shape index (κ3) is 21.7. The van der Waals surface area contributed by atoms with Crippen molar-refractivity contribution in [1.82, 2.24) is 0 Å². The molecule has 6 nitrogen and oxygen atoms in total. The molecule has 0 saturated heterocycles. The van der Waals surface area contributed by atoms with Gasteiger partial charge in [-0.2, -0.15) is 0 Å². The monoisotopic (exact) mass is 364 g/mol. The van der Waals surface area contributed by atoms with E-state index in [0.717, 1.165) is 6.61 Å². The van der Waals surface area contributed by atoms with Crippen molar-refractivity contribution in [3.05, 3.63) is 0 Å². The van der Waals surface area contributed by atoms with Gasteiger partial charge in [-0.05, 0) is 12.3 Å². The molecule has 0 spiro atoms. The minimum atomic E-state index is 0.0478. The second kappa shape index (κ2) is 21.8. The molecule has 0 rings (SSSR count). The maximum atomic E-state index is 8.52. The van der Waals surface area contributed by atoms with Gasteiger partial charge in [-0.3, -0.25) is 0 Å². The molecule has 1 atom stereocenters. The van der Waals surface area contributed by atoms with Crippen LogP contribution < -0.4 is 0 Å². The lowest BCUT2D eigenvalue weighted by molar-refractivity contribution is -0.0152. The molecule has 0 aliphatic carbocycles. The molecule has 0 aliphatic heterocycles. The van der Waals surface area contributed by atoms with Crippen LogP contribution in [0.5, 0.6) is 0 Å².